The number of ether oxygens (including phenoxy) is 1. The highest BCUT2D eigenvalue weighted by molar-refractivity contribution is 14.0. The van der Waals surface area contributed by atoms with Crippen molar-refractivity contribution in [2.24, 2.45) is 4.99 Å². The van der Waals surface area contributed by atoms with Gasteiger partial charge in [-0.1, -0.05) is 6.92 Å². The molecule has 0 spiro atoms. The summed E-state index contributed by atoms with van der Waals surface area (Å²) < 4.78 is 7.51. The molecule has 144 valence electrons. The molecule has 1 aromatic heterocycles. The average Bonchev–Trinajstić information content (AvgIpc) is 3.06. The average molecular weight is 465 g/mol. The Balaban J connectivity index is 0.00000312. The number of guanidine groups is 1. The van der Waals surface area contributed by atoms with Crippen molar-refractivity contribution >= 4 is 29.9 Å². The molecule has 0 aliphatic carbocycles. The molecular formula is C16H32IN7O. The molecule has 1 aromatic rings. The first-order valence-electron chi connectivity index (χ1n) is 8.71. The summed E-state index contributed by atoms with van der Waals surface area (Å²) in [7, 11) is 1.80. The molecule has 25 heavy (non-hydrogen) atoms. The zero-order valence-corrected chi connectivity index (χ0v) is 18.1. The summed E-state index contributed by atoms with van der Waals surface area (Å²) in [5.74, 6) is 1.83. The van der Waals surface area contributed by atoms with Gasteiger partial charge in [0.25, 0.3) is 0 Å². The van der Waals surface area contributed by atoms with Crippen LogP contribution < -0.4 is 10.6 Å². The molecular weight excluding hydrogens is 433 g/mol. The van der Waals surface area contributed by atoms with Crippen molar-refractivity contribution in [1.29, 1.82) is 0 Å². The van der Waals surface area contributed by atoms with Gasteiger partial charge in [0, 0.05) is 51.7 Å². The molecule has 0 aromatic carbocycles. The number of halogens is 1. The Labute approximate surface area is 167 Å². The third kappa shape index (κ3) is 6.70. The number of hydrogen-bond acceptors (Lipinski definition) is 5. The van der Waals surface area contributed by atoms with E-state index in [4.69, 9.17) is 4.74 Å². The third-order valence-electron chi connectivity index (χ3n) is 4.44. The van der Waals surface area contributed by atoms with E-state index in [-0.39, 0.29) is 29.5 Å². The Hall–Kier alpha value is -0.940. The van der Waals surface area contributed by atoms with Gasteiger partial charge in [-0.3, -0.25) is 9.89 Å². The summed E-state index contributed by atoms with van der Waals surface area (Å²) in [5.41, 5.74) is 0.0606. The van der Waals surface area contributed by atoms with Crippen LogP contribution >= 0.6 is 24.0 Å². The van der Waals surface area contributed by atoms with Gasteiger partial charge in [0.05, 0.1) is 13.2 Å². The van der Waals surface area contributed by atoms with Crippen LogP contribution in [-0.2, 0) is 17.7 Å². The second kappa shape index (κ2) is 10.9. The van der Waals surface area contributed by atoms with Gasteiger partial charge in [0.2, 0.25) is 0 Å². The van der Waals surface area contributed by atoms with E-state index in [0.29, 0.717) is 0 Å². The fourth-order valence-electron chi connectivity index (χ4n) is 2.84. The predicted octanol–water partition coefficient (Wildman–Crippen LogP) is 0.734. The first-order valence-corrected chi connectivity index (χ1v) is 8.71. The number of nitrogens with one attached hydrogen (secondary N) is 2. The van der Waals surface area contributed by atoms with Crippen molar-refractivity contribution in [2.45, 2.75) is 39.3 Å². The van der Waals surface area contributed by atoms with E-state index in [0.717, 1.165) is 64.1 Å². The second-order valence-electron chi connectivity index (χ2n) is 6.56. The van der Waals surface area contributed by atoms with Crippen LogP contribution in [0.25, 0.3) is 0 Å². The van der Waals surface area contributed by atoms with Crippen molar-refractivity contribution in [1.82, 2.24) is 30.3 Å². The van der Waals surface area contributed by atoms with Crippen LogP contribution in [0, 0.1) is 0 Å². The summed E-state index contributed by atoms with van der Waals surface area (Å²) in [5, 5.41) is 14.8. The molecule has 9 heteroatoms. The highest BCUT2D eigenvalue weighted by Gasteiger charge is 2.28. The Kier molecular flexibility index (Phi) is 9.65. The van der Waals surface area contributed by atoms with Gasteiger partial charge in [-0.15, -0.1) is 34.2 Å². The molecule has 0 amide bonds. The molecule has 0 unspecified atom stereocenters. The summed E-state index contributed by atoms with van der Waals surface area (Å²) in [4.78, 5) is 6.77. The lowest BCUT2D eigenvalue weighted by atomic mass is 10.0. The van der Waals surface area contributed by atoms with Crippen LogP contribution in [0.3, 0.4) is 0 Å². The number of aromatic nitrogens is 3. The first-order chi connectivity index (χ1) is 11.6. The van der Waals surface area contributed by atoms with E-state index in [9.17, 15) is 0 Å². The fourth-order valence-corrected chi connectivity index (χ4v) is 2.84. The van der Waals surface area contributed by atoms with E-state index in [1.165, 1.54) is 0 Å². The minimum Gasteiger partial charge on any atom is -0.379 e. The fraction of sp³-hybridized carbons (Fsp3) is 0.812. The SMILES string of the molecule is CCc1nncn1CCNC(=NC)NCC(C)(C)N1CCOCC1.I. The number of morpholine rings is 1. The molecule has 0 radical (unpaired) electrons. The maximum absolute atomic E-state index is 5.44. The minimum absolute atomic E-state index is 0. The molecule has 2 heterocycles. The third-order valence-corrected chi connectivity index (χ3v) is 4.44. The summed E-state index contributed by atoms with van der Waals surface area (Å²) in [6.07, 6.45) is 2.67. The maximum atomic E-state index is 5.44. The second-order valence-corrected chi connectivity index (χ2v) is 6.56. The zero-order chi connectivity index (χ0) is 17.4. The van der Waals surface area contributed by atoms with Gasteiger partial charge in [0.15, 0.2) is 5.96 Å². The Morgan fingerprint density at radius 1 is 1.32 bits per heavy atom. The van der Waals surface area contributed by atoms with Crippen molar-refractivity contribution < 1.29 is 4.74 Å². The standard InChI is InChI=1S/C16H31N7O.HI/c1-5-14-21-20-13-22(14)7-6-18-15(17-4)19-12-16(2,3)23-8-10-24-11-9-23;/h13H,5-12H2,1-4H3,(H2,17,18,19);1H. The number of nitrogens with zero attached hydrogens (tertiary/aromatic N) is 5. The molecule has 1 saturated heterocycles. The lowest BCUT2D eigenvalue weighted by Crippen LogP contribution is -2.56. The normalized spacial score (nSPS) is 16.4. The van der Waals surface area contributed by atoms with E-state index < -0.39 is 0 Å². The lowest BCUT2D eigenvalue weighted by molar-refractivity contribution is -0.00833. The smallest absolute Gasteiger partial charge is 0.191 e. The van der Waals surface area contributed by atoms with Gasteiger partial charge in [-0.05, 0) is 13.8 Å². The van der Waals surface area contributed by atoms with Crippen LogP contribution in [0.15, 0.2) is 11.3 Å². The number of aliphatic imine (C=N–C) groups is 1. The molecule has 2 rings (SSSR count). The minimum atomic E-state index is 0. The Morgan fingerprint density at radius 2 is 2.04 bits per heavy atom. The maximum Gasteiger partial charge on any atom is 0.191 e. The monoisotopic (exact) mass is 465 g/mol. The topological polar surface area (TPSA) is 79.6 Å². The van der Waals surface area contributed by atoms with E-state index in [1.54, 1.807) is 13.4 Å². The van der Waals surface area contributed by atoms with Gasteiger partial charge < -0.3 is 19.9 Å². The molecule has 0 atom stereocenters. The molecule has 0 bridgehead atoms. The van der Waals surface area contributed by atoms with Crippen LogP contribution in [-0.4, -0.2) is 77.6 Å². The van der Waals surface area contributed by atoms with Gasteiger partial charge in [-0.2, -0.15) is 0 Å². The number of aryl methyl sites for hydroxylation is 1. The molecule has 1 fully saturated rings. The van der Waals surface area contributed by atoms with Crippen LogP contribution in [0.1, 0.15) is 26.6 Å². The lowest BCUT2D eigenvalue weighted by Gasteiger charge is -2.41. The van der Waals surface area contributed by atoms with Crippen LogP contribution in [0.5, 0.6) is 0 Å². The van der Waals surface area contributed by atoms with E-state index in [1.807, 2.05) is 0 Å². The summed E-state index contributed by atoms with van der Waals surface area (Å²) in [6.45, 7) is 12.6. The molecule has 1 aliphatic heterocycles. The molecule has 2 N–H and O–H groups in total. The first kappa shape index (κ1) is 22.1. The van der Waals surface area contributed by atoms with E-state index in [2.05, 4.69) is 56.1 Å². The van der Waals surface area contributed by atoms with Gasteiger partial charge in [0.1, 0.15) is 12.2 Å². The van der Waals surface area contributed by atoms with Gasteiger partial charge in [-0.25, -0.2) is 0 Å². The summed E-state index contributed by atoms with van der Waals surface area (Å²) in [6, 6.07) is 0. The largest absolute Gasteiger partial charge is 0.379 e. The highest BCUT2D eigenvalue weighted by Crippen LogP contribution is 2.14. The number of hydrogen-bond donors (Lipinski definition) is 2. The Morgan fingerprint density at radius 3 is 2.68 bits per heavy atom. The molecule has 8 nitrogen and oxygen atoms in total. The molecule has 0 saturated carbocycles. The van der Waals surface area contributed by atoms with Crippen molar-refractivity contribution in [3.8, 4) is 0 Å². The number of rotatable bonds is 7. The van der Waals surface area contributed by atoms with Crippen LogP contribution in [0.2, 0.25) is 0 Å². The Bertz CT molecular complexity index is 526. The van der Waals surface area contributed by atoms with Crippen molar-refractivity contribution in [3.05, 3.63) is 12.2 Å². The summed E-state index contributed by atoms with van der Waals surface area (Å²) >= 11 is 0. The highest BCUT2D eigenvalue weighted by atomic mass is 127. The quantitative estimate of drug-likeness (QED) is 0.351. The van der Waals surface area contributed by atoms with E-state index >= 15 is 0 Å². The zero-order valence-electron chi connectivity index (χ0n) is 15.8. The molecule has 1 aliphatic rings. The van der Waals surface area contributed by atoms with Crippen LogP contribution in [0.4, 0.5) is 0 Å². The predicted molar refractivity (Wildman–Crippen MR) is 111 cm³/mol. The van der Waals surface area contributed by atoms with Crippen molar-refractivity contribution in [3.63, 3.8) is 0 Å². The van der Waals surface area contributed by atoms with Crippen molar-refractivity contribution in [2.75, 3.05) is 46.4 Å². The van der Waals surface area contributed by atoms with Gasteiger partial charge >= 0.3 is 0 Å².